The number of hydrogen-bond acceptors (Lipinski definition) is 4. The lowest BCUT2D eigenvalue weighted by Crippen LogP contribution is -2.33. The van der Waals surface area contributed by atoms with Crippen LogP contribution in [0.25, 0.3) is 0 Å². The van der Waals surface area contributed by atoms with Crippen molar-refractivity contribution in [1.29, 1.82) is 0 Å². The molecule has 5 nitrogen and oxygen atoms in total. The summed E-state index contributed by atoms with van der Waals surface area (Å²) in [5, 5.41) is 9.39. The molecule has 120 valence electrons. The van der Waals surface area contributed by atoms with Crippen LogP contribution in [0.1, 0.15) is 48.0 Å². The van der Waals surface area contributed by atoms with Crippen LogP contribution in [0.4, 0.5) is 0 Å². The van der Waals surface area contributed by atoms with E-state index in [-0.39, 0.29) is 19.1 Å². The lowest BCUT2D eigenvalue weighted by Gasteiger charge is -2.18. The van der Waals surface area contributed by atoms with E-state index < -0.39 is 5.92 Å². The molecule has 0 aromatic heterocycles. The van der Waals surface area contributed by atoms with Gasteiger partial charge in [-0.15, -0.1) is 0 Å². The number of carbonyl (C=O) groups is 2. The van der Waals surface area contributed by atoms with Gasteiger partial charge in [-0.2, -0.15) is 0 Å². The molecule has 1 aromatic rings. The Morgan fingerprint density at radius 1 is 1.36 bits per heavy atom. The van der Waals surface area contributed by atoms with Crippen molar-refractivity contribution in [3.05, 3.63) is 35.4 Å². The number of aldehydes is 1. The third kappa shape index (κ3) is 4.64. The maximum absolute atomic E-state index is 12.0. The van der Waals surface area contributed by atoms with Crippen molar-refractivity contribution in [2.75, 3.05) is 6.61 Å². The van der Waals surface area contributed by atoms with Gasteiger partial charge in [-0.25, -0.2) is 5.48 Å². The fourth-order valence-electron chi connectivity index (χ4n) is 2.96. The number of hydroxylamine groups is 1. The van der Waals surface area contributed by atoms with Crippen molar-refractivity contribution in [2.45, 2.75) is 38.7 Å². The molecule has 1 aliphatic rings. The van der Waals surface area contributed by atoms with Crippen LogP contribution < -0.4 is 5.48 Å². The summed E-state index contributed by atoms with van der Waals surface area (Å²) in [6.45, 7) is -0.0428. The van der Waals surface area contributed by atoms with Gasteiger partial charge in [0.25, 0.3) is 0 Å². The molecule has 22 heavy (non-hydrogen) atoms. The highest BCUT2D eigenvalue weighted by atomic mass is 16.6. The molecule has 1 saturated carbocycles. The number of hydrogen-bond donors (Lipinski definition) is 2. The first-order valence-corrected chi connectivity index (χ1v) is 7.80. The van der Waals surface area contributed by atoms with E-state index in [1.165, 1.54) is 12.8 Å². The van der Waals surface area contributed by atoms with Gasteiger partial charge in [0.05, 0.1) is 12.5 Å². The van der Waals surface area contributed by atoms with Gasteiger partial charge in [0.1, 0.15) is 12.9 Å². The van der Waals surface area contributed by atoms with Crippen LogP contribution >= 0.6 is 0 Å². The van der Waals surface area contributed by atoms with Crippen molar-refractivity contribution in [1.82, 2.24) is 5.48 Å². The van der Waals surface area contributed by atoms with Gasteiger partial charge in [0.15, 0.2) is 0 Å². The van der Waals surface area contributed by atoms with E-state index in [0.29, 0.717) is 23.5 Å². The molecule has 1 atom stereocenters. The minimum absolute atomic E-state index is 0.127. The molecule has 1 fully saturated rings. The Balaban J connectivity index is 1.79. The van der Waals surface area contributed by atoms with E-state index in [4.69, 9.17) is 4.84 Å². The SMILES string of the molecule is O=Cc1ccccc1CONC(=O)C(CO)CC1CCCC1. The van der Waals surface area contributed by atoms with Crippen LogP contribution in [-0.4, -0.2) is 23.9 Å². The van der Waals surface area contributed by atoms with Crippen LogP contribution in [0.2, 0.25) is 0 Å². The monoisotopic (exact) mass is 305 g/mol. The molecule has 0 aliphatic heterocycles. The summed E-state index contributed by atoms with van der Waals surface area (Å²) < 4.78 is 0. The molecule has 5 heteroatoms. The number of carbonyl (C=O) groups excluding carboxylic acids is 2. The Hall–Kier alpha value is -1.72. The van der Waals surface area contributed by atoms with Gasteiger partial charge in [-0.1, -0.05) is 49.9 Å². The highest BCUT2D eigenvalue weighted by molar-refractivity contribution is 5.78. The number of nitrogens with one attached hydrogen (secondary N) is 1. The Morgan fingerprint density at radius 2 is 2.09 bits per heavy atom. The lowest BCUT2D eigenvalue weighted by atomic mass is 9.93. The number of amides is 1. The first kappa shape index (κ1) is 16.6. The molecule has 0 saturated heterocycles. The van der Waals surface area contributed by atoms with Gasteiger partial charge in [-0.3, -0.25) is 14.4 Å². The number of benzene rings is 1. The number of aliphatic hydroxyl groups excluding tert-OH is 1. The van der Waals surface area contributed by atoms with Crippen molar-refractivity contribution in [2.24, 2.45) is 11.8 Å². The Morgan fingerprint density at radius 3 is 2.77 bits per heavy atom. The molecule has 0 radical (unpaired) electrons. The predicted octanol–water partition coefficient (Wildman–Crippen LogP) is 2.24. The second-order valence-corrected chi connectivity index (χ2v) is 5.84. The summed E-state index contributed by atoms with van der Waals surface area (Å²) in [5.74, 6) is -0.193. The lowest BCUT2D eigenvalue weighted by molar-refractivity contribution is -0.140. The van der Waals surface area contributed by atoms with Crippen molar-refractivity contribution in [3.8, 4) is 0 Å². The van der Waals surface area contributed by atoms with E-state index >= 15 is 0 Å². The van der Waals surface area contributed by atoms with E-state index in [0.717, 1.165) is 19.1 Å². The predicted molar refractivity (Wildman–Crippen MR) is 81.9 cm³/mol. The van der Waals surface area contributed by atoms with Crippen molar-refractivity contribution < 1.29 is 19.5 Å². The minimum atomic E-state index is -0.426. The van der Waals surface area contributed by atoms with E-state index in [1.807, 2.05) is 6.07 Å². The Bertz CT molecular complexity index is 497. The maximum Gasteiger partial charge on any atom is 0.248 e. The molecule has 1 amide bonds. The van der Waals surface area contributed by atoms with E-state index in [2.05, 4.69) is 5.48 Å². The molecule has 2 rings (SSSR count). The summed E-state index contributed by atoms with van der Waals surface area (Å²) in [6, 6.07) is 7.06. The second-order valence-electron chi connectivity index (χ2n) is 5.84. The summed E-state index contributed by atoms with van der Waals surface area (Å²) in [7, 11) is 0. The van der Waals surface area contributed by atoms with Crippen molar-refractivity contribution in [3.63, 3.8) is 0 Å². The summed E-state index contributed by atoms with van der Waals surface area (Å²) >= 11 is 0. The molecule has 0 heterocycles. The third-order valence-corrected chi connectivity index (χ3v) is 4.27. The quantitative estimate of drug-likeness (QED) is 0.570. The largest absolute Gasteiger partial charge is 0.396 e. The molecule has 2 N–H and O–H groups in total. The first-order chi connectivity index (χ1) is 10.7. The smallest absolute Gasteiger partial charge is 0.248 e. The summed E-state index contributed by atoms with van der Waals surface area (Å²) in [6.07, 6.45) is 6.16. The fourth-order valence-corrected chi connectivity index (χ4v) is 2.96. The minimum Gasteiger partial charge on any atom is -0.396 e. The third-order valence-electron chi connectivity index (χ3n) is 4.27. The number of aliphatic hydroxyl groups is 1. The van der Waals surface area contributed by atoms with Gasteiger partial charge < -0.3 is 5.11 Å². The van der Waals surface area contributed by atoms with Gasteiger partial charge in [0.2, 0.25) is 5.91 Å². The van der Waals surface area contributed by atoms with E-state index in [1.54, 1.807) is 18.2 Å². The molecule has 1 unspecified atom stereocenters. The molecule has 1 aromatic carbocycles. The van der Waals surface area contributed by atoms with Crippen LogP contribution in [0, 0.1) is 11.8 Å². The zero-order valence-corrected chi connectivity index (χ0v) is 12.7. The Kier molecular flexibility index (Phi) is 6.55. The van der Waals surface area contributed by atoms with Crippen LogP contribution in [0.5, 0.6) is 0 Å². The van der Waals surface area contributed by atoms with Gasteiger partial charge >= 0.3 is 0 Å². The van der Waals surface area contributed by atoms with Crippen molar-refractivity contribution >= 4 is 12.2 Å². The average molecular weight is 305 g/mol. The molecule has 0 bridgehead atoms. The summed E-state index contributed by atoms with van der Waals surface area (Å²) in [5.41, 5.74) is 3.65. The second kappa shape index (κ2) is 8.66. The zero-order valence-electron chi connectivity index (χ0n) is 12.7. The van der Waals surface area contributed by atoms with Gasteiger partial charge in [0, 0.05) is 5.56 Å². The highest BCUT2D eigenvalue weighted by Gasteiger charge is 2.24. The molecule has 1 aliphatic carbocycles. The molecular weight excluding hydrogens is 282 g/mol. The summed E-state index contributed by atoms with van der Waals surface area (Å²) in [4.78, 5) is 28.1. The topological polar surface area (TPSA) is 75.6 Å². The van der Waals surface area contributed by atoms with Gasteiger partial charge in [-0.05, 0) is 17.9 Å². The standard InChI is InChI=1S/C17H23NO4/c19-10-14-7-3-4-8-15(14)12-22-18-17(21)16(11-20)9-13-5-1-2-6-13/h3-4,7-8,10,13,16,20H,1-2,5-6,9,11-12H2,(H,18,21). The molecular formula is C17H23NO4. The maximum atomic E-state index is 12.0. The van der Waals surface area contributed by atoms with Crippen LogP contribution in [-0.2, 0) is 16.2 Å². The van der Waals surface area contributed by atoms with Crippen LogP contribution in [0.15, 0.2) is 24.3 Å². The zero-order chi connectivity index (χ0) is 15.8. The molecule has 0 spiro atoms. The Labute approximate surface area is 130 Å². The fraction of sp³-hybridized carbons (Fsp3) is 0.529. The highest BCUT2D eigenvalue weighted by Crippen LogP contribution is 2.30. The first-order valence-electron chi connectivity index (χ1n) is 7.80. The number of rotatable bonds is 8. The van der Waals surface area contributed by atoms with E-state index in [9.17, 15) is 14.7 Å². The van der Waals surface area contributed by atoms with Crippen LogP contribution in [0.3, 0.4) is 0 Å². The average Bonchev–Trinajstić information content (AvgIpc) is 3.06. The normalized spacial score (nSPS) is 16.4.